The molecular weight excluding hydrogens is 427 g/mol. The number of ether oxygens (including phenoxy) is 1. The van der Waals surface area contributed by atoms with Gasteiger partial charge in [0, 0.05) is 32.7 Å². The summed E-state index contributed by atoms with van der Waals surface area (Å²) in [4.78, 5) is 6.99. The maximum Gasteiger partial charge on any atom is 0.190 e. The maximum atomic E-state index is 5.19. The Labute approximate surface area is 168 Å². The first-order valence-corrected chi connectivity index (χ1v) is 9.10. The Morgan fingerprint density at radius 1 is 1.20 bits per heavy atom. The van der Waals surface area contributed by atoms with Gasteiger partial charge in [0.05, 0.1) is 7.11 Å². The van der Waals surface area contributed by atoms with Crippen LogP contribution in [0.15, 0.2) is 29.3 Å². The molecule has 1 heterocycles. The van der Waals surface area contributed by atoms with Gasteiger partial charge in [-0.05, 0) is 55.8 Å². The second-order valence-corrected chi connectivity index (χ2v) is 6.86. The van der Waals surface area contributed by atoms with Gasteiger partial charge in [-0.2, -0.15) is 0 Å². The molecule has 6 heteroatoms. The summed E-state index contributed by atoms with van der Waals surface area (Å²) < 4.78 is 5.19. The van der Waals surface area contributed by atoms with Crippen molar-refractivity contribution in [3.05, 3.63) is 29.8 Å². The van der Waals surface area contributed by atoms with Crippen LogP contribution in [-0.4, -0.2) is 57.2 Å². The van der Waals surface area contributed by atoms with E-state index in [1.54, 1.807) is 7.11 Å². The Morgan fingerprint density at radius 2 is 1.96 bits per heavy atom. The van der Waals surface area contributed by atoms with E-state index in [9.17, 15) is 0 Å². The first-order valence-electron chi connectivity index (χ1n) is 9.10. The van der Waals surface area contributed by atoms with E-state index >= 15 is 0 Å². The molecule has 2 aliphatic rings. The number of methoxy groups -OCH3 is 1. The van der Waals surface area contributed by atoms with Crippen molar-refractivity contribution in [2.24, 2.45) is 10.9 Å². The highest BCUT2D eigenvalue weighted by Gasteiger charge is 2.34. The highest BCUT2D eigenvalue weighted by molar-refractivity contribution is 14.0. The molecule has 5 nitrogen and oxygen atoms in total. The Bertz CT molecular complexity index is 545. The Morgan fingerprint density at radius 3 is 2.60 bits per heavy atom. The van der Waals surface area contributed by atoms with Crippen molar-refractivity contribution in [2.45, 2.75) is 31.7 Å². The lowest BCUT2D eigenvalue weighted by Gasteiger charge is -2.17. The van der Waals surface area contributed by atoms with Crippen LogP contribution in [0.1, 0.15) is 24.8 Å². The molecule has 0 spiro atoms. The second kappa shape index (κ2) is 10.2. The molecule has 1 aliphatic heterocycles. The fourth-order valence-corrected chi connectivity index (χ4v) is 3.38. The van der Waals surface area contributed by atoms with Gasteiger partial charge >= 0.3 is 0 Å². The third-order valence-corrected chi connectivity index (χ3v) is 5.03. The van der Waals surface area contributed by atoms with Gasteiger partial charge < -0.3 is 20.3 Å². The smallest absolute Gasteiger partial charge is 0.190 e. The molecule has 1 aliphatic carbocycles. The van der Waals surface area contributed by atoms with Crippen LogP contribution in [0.4, 0.5) is 0 Å². The summed E-state index contributed by atoms with van der Waals surface area (Å²) in [6.45, 7) is 4.43. The number of hydrogen-bond donors (Lipinski definition) is 2. The van der Waals surface area contributed by atoms with Crippen LogP contribution in [0.3, 0.4) is 0 Å². The van der Waals surface area contributed by atoms with Crippen LogP contribution in [0, 0.1) is 5.92 Å². The van der Waals surface area contributed by atoms with E-state index in [-0.39, 0.29) is 24.0 Å². The van der Waals surface area contributed by atoms with Gasteiger partial charge in [-0.25, -0.2) is 0 Å². The average molecular weight is 458 g/mol. The third-order valence-electron chi connectivity index (χ3n) is 5.03. The molecule has 1 saturated carbocycles. The number of guanidine groups is 1. The van der Waals surface area contributed by atoms with E-state index in [4.69, 9.17) is 4.74 Å². The van der Waals surface area contributed by atoms with Crippen LogP contribution < -0.4 is 15.4 Å². The molecule has 25 heavy (non-hydrogen) atoms. The largest absolute Gasteiger partial charge is 0.497 e. The summed E-state index contributed by atoms with van der Waals surface area (Å²) in [5, 5.41) is 6.90. The predicted molar refractivity (Wildman–Crippen MR) is 114 cm³/mol. The van der Waals surface area contributed by atoms with E-state index in [1.807, 2.05) is 19.2 Å². The minimum Gasteiger partial charge on any atom is -0.497 e. The molecule has 1 aromatic carbocycles. The Kier molecular flexibility index (Phi) is 8.29. The lowest BCUT2D eigenvalue weighted by Crippen LogP contribution is -2.41. The zero-order chi connectivity index (χ0) is 16.8. The van der Waals surface area contributed by atoms with Crippen LogP contribution in [0.25, 0.3) is 0 Å². The van der Waals surface area contributed by atoms with Gasteiger partial charge in [0.2, 0.25) is 0 Å². The summed E-state index contributed by atoms with van der Waals surface area (Å²) in [7, 11) is 3.54. The number of hydrogen-bond acceptors (Lipinski definition) is 3. The number of halogens is 1. The third kappa shape index (κ3) is 6.33. The van der Waals surface area contributed by atoms with Crippen molar-refractivity contribution < 1.29 is 4.74 Å². The lowest BCUT2D eigenvalue weighted by molar-refractivity contribution is 0.314. The molecule has 2 N–H and O–H groups in total. The highest BCUT2D eigenvalue weighted by atomic mass is 127. The van der Waals surface area contributed by atoms with Crippen LogP contribution in [-0.2, 0) is 6.42 Å². The molecule has 3 rings (SSSR count). The van der Waals surface area contributed by atoms with E-state index in [0.717, 1.165) is 43.2 Å². The van der Waals surface area contributed by atoms with Crippen molar-refractivity contribution in [1.82, 2.24) is 15.5 Å². The normalized spacial score (nSPS) is 20.9. The minimum atomic E-state index is 0. The quantitative estimate of drug-likeness (QED) is 0.375. The fourth-order valence-electron chi connectivity index (χ4n) is 3.38. The van der Waals surface area contributed by atoms with Crippen LogP contribution in [0.2, 0.25) is 0 Å². The summed E-state index contributed by atoms with van der Waals surface area (Å²) in [5.41, 5.74) is 1.30. The first-order chi connectivity index (χ1) is 11.8. The molecule has 1 unspecified atom stereocenters. The molecule has 1 saturated heterocycles. The monoisotopic (exact) mass is 458 g/mol. The number of likely N-dealkylation sites (tertiary alicyclic amines) is 1. The number of benzene rings is 1. The Hall–Kier alpha value is -1.02. The molecule has 1 atom stereocenters. The molecular formula is C19H31IN4O. The van der Waals surface area contributed by atoms with Gasteiger partial charge in [-0.1, -0.05) is 12.1 Å². The van der Waals surface area contributed by atoms with E-state index in [0.29, 0.717) is 0 Å². The molecule has 0 amide bonds. The topological polar surface area (TPSA) is 48.9 Å². The summed E-state index contributed by atoms with van der Waals surface area (Å²) in [6.07, 6.45) is 5.11. The standard InChI is InChI=1S/C19H30N4O.HI/c1-20-19(21-11-9-15-3-7-18(24-2)8-4-15)22-13-16-10-12-23(14-16)17-5-6-17;/h3-4,7-8,16-17H,5-6,9-14H2,1-2H3,(H2,20,21,22);1H. The van der Waals surface area contributed by atoms with Crippen LogP contribution in [0.5, 0.6) is 5.75 Å². The zero-order valence-electron chi connectivity index (χ0n) is 15.3. The summed E-state index contributed by atoms with van der Waals surface area (Å²) in [6, 6.07) is 9.14. The molecule has 0 bridgehead atoms. The molecule has 1 aromatic rings. The van der Waals surface area contributed by atoms with Gasteiger partial charge in [-0.15, -0.1) is 24.0 Å². The van der Waals surface area contributed by atoms with Crippen molar-refractivity contribution in [3.63, 3.8) is 0 Å². The SMILES string of the molecule is CN=C(NCCc1ccc(OC)cc1)NCC1CCN(C2CC2)C1.I. The number of nitrogens with zero attached hydrogens (tertiary/aromatic N) is 2. The number of aliphatic imine (C=N–C) groups is 1. The van der Waals surface area contributed by atoms with Gasteiger partial charge in [0.25, 0.3) is 0 Å². The second-order valence-electron chi connectivity index (χ2n) is 6.86. The van der Waals surface area contributed by atoms with Crippen molar-refractivity contribution >= 4 is 29.9 Å². The predicted octanol–water partition coefficient (Wildman–Crippen LogP) is 2.51. The molecule has 2 fully saturated rings. The Balaban J connectivity index is 0.00000225. The number of nitrogens with one attached hydrogen (secondary N) is 2. The highest BCUT2D eigenvalue weighted by Crippen LogP contribution is 2.31. The minimum absolute atomic E-state index is 0. The summed E-state index contributed by atoms with van der Waals surface area (Å²) in [5.74, 6) is 2.57. The van der Waals surface area contributed by atoms with Crippen molar-refractivity contribution in [2.75, 3.05) is 40.3 Å². The lowest BCUT2D eigenvalue weighted by atomic mass is 10.1. The number of rotatable bonds is 7. The van der Waals surface area contributed by atoms with Gasteiger partial charge in [-0.3, -0.25) is 4.99 Å². The van der Waals surface area contributed by atoms with Gasteiger partial charge in [0.1, 0.15) is 5.75 Å². The van der Waals surface area contributed by atoms with E-state index in [1.165, 1.54) is 37.9 Å². The van der Waals surface area contributed by atoms with E-state index in [2.05, 4.69) is 32.7 Å². The maximum absolute atomic E-state index is 5.19. The summed E-state index contributed by atoms with van der Waals surface area (Å²) >= 11 is 0. The fraction of sp³-hybridized carbons (Fsp3) is 0.632. The first kappa shape index (κ1) is 20.3. The van der Waals surface area contributed by atoms with Crippen molar-refractivity contribution in [1.29, 1.82) is 0 Å². The average Bonchev–Trinajstić information content (AvgIpc) is 3.37. The molecule has 0 aromatic heterocycles. The van der Waals surface area contributed by atoms with E-state index < -0.39 is 0 Å². The van der Waals surface area contributed by atoms with Gasteiger partial charge in [0.15, 0.2) is 5.96 Å². The van der Waals surface area contributed by atoms with Crippen LogP contribution >= 0.6 is 24.0 Å². The molecule has 140 valence electrons. The molecule has 0 radical (unpaired) electrons. The zero-order valence-corrected chi connectivity index (χ0v) is 17.7. The van der Waals surface area contributed by atoms with Crippen molar-refractivity contribution in [3.8, 4) is 5.75 Å².